The van der Waals surface area contributed by atoms with Crippen molar-refractivity contribution in [1.82, 2.24) is 19.1 Å². The zero-order chi connectivity index (χ0) is 17.9. The summed E-state index contributed by atoms with van der Waals surface area (Å²) >= 11 is 0. The Bertz CT molecular complexity index is 816. The van der Waals surface area contributed by atoms with E-state index in [1.807, 2.05) is 0 Å². The van der Waals surface area contributed by atoms with Gasteiger partial charge in [-0.05, 0) is 31.2 Å². The van der Waals surface area contributed by atoms with Gasteiger partial charge in [0.1, 0.15) is 24.7 Å². The molecule has 1 heterocycles. The van der Waals surface area contributed by atoms with Crippen LogP contribution in [0.25, 0.3) is 0 Å². The second-order valence-corrected chi connectivity index (χ2v) is 7.09. The minimum Gasteiger partial charge on any atom is -0.486 e. The number of carboxylic acid groups (broad SMARTS) is 1. The van der Waals surface area contributed by atoms with Gasteiger partial charge in [0.15, 0.2) is 5.82 Å². The van der Waals surface area contributed by atoms with Crippen molar-refractivity contribution in [3.05, 3.63) is 36.4 Å². The summed E-state index contributed by atoms with van der Waals surface area (Å²) < 4.78 is 32.7. The maximum atomic E-state index is 12.4. The molecule has 1 aromatic carbocycles. The maximum Gasteiger partial charge on any atom is 0.321 e. The predicted octanol–water partition coefficient (Wildman–Crippen LogP) is 0.488. The van der Waals surface area contributed by atoms with Crippen molar-refractivity contribution < 1.29 is 23.1 Å². The van der Waals surface area contributed by atoms with Crippen LogP contribution in [0.2, 0.25) is 0 Å². The summed E-state index contributed by atoms with van der Waals surface area (Å²) in [4.78, 5) is 15.0. The quantitative estimate of drug-likeness (QED) is 0.769. The van der Waals surface area contributed by atoms with Crippen LogP contribution in [0, 0.1) is 0 Å². The fourth-order valence-electron chi connectivity index (χ4n) is 1.84. The third-order valence-electron chi connectivity index (χ3n) is 3.58. The molecule has 0 aliphatic carbocycles. The molecule has 10 heteroatoms. The van der Waals surface area contributed by atoms with Gasteiger partial charge in [0.25, 0.3) is 0 Å². The molecule has 0 radical (unpaired) electrons. The number of carboxylic acids is 1. The van der Waals surface area contributed by atoms with Crippen LogP contribution in [-0.2, 0) is 28.5 Å². The second kappa shape index (κ2) is 6.97. The van der Waals surface area contributed by atoms with Gasteiger partial charge in [0, 0.05) is 14.1 Å². The highest BCUT2D eigenvalue weighted by molar-refractivity contribution is 7.89. The summed E-state index contributed by atoms with van der Waals surface area (Å²) in [6, 6.07) is 4.57. The molecule has 1 aromatic heterocycles. The number of ether oxygens (including phenoxy) is 1. The standard InChI is InChI=1S/C14H18N4O5S/c1-10(14(19)20)18(3)24(21,22)12-6-4-11(5-7-12)23-8-13-15-9-16-17(13)2/h4-7,9-10H,8H2,1-3H3,(H,19,20). The third kappa shape index (κ3) is 3.71. The van der Waals surface area contributed by atoms with E-state index in [-0.39, 0.29) is 11.5 Å². The summed E-state index contributed by atoms with van der Waals surface area (Å²) in [5, 5.41) is 12.9. The lowest BCUT2D eigenvalue weighted by atomic mass is 10.3. The first-order chi connectivity index (χ1) is 11.2. The first-order valence-electron chi connectivity index (χ1n) is 7.00. The largest absolute Gasteiger partial charge is 0.486 e. The molecule has 1 N–H and O–H groups in total. The molecule has 0 bridgehead atoms. The Morgan fingerprint density at radius 2 is 2.00 bits per heavy atom. The van der Waals surface area contributed by atoms with Gasteiger partial charge in [-0.2, -0.15) is 9.40 Å². The van der Waals surface area contributed by atoms with E-state index in [4.69, 9.17) is 9.84 Å². The van der Waals surface area contributed by atoms with Crippen molar-refractivity contribution in [3.63, 3.8) is 0 Å². The highest BCUT2D eigenvalue weighted by Crippen LogP contribution is 2.20. The number of carbonyl (C=O) groups is 1. The average Bonchev–Trinajstić information content (AvgIpc) is 2.96. The number of aryl methyl sites for hydroxylation is 1. The van der Waals surface area contributed by atoms with Crippen LogP contribution in [0.5, 0.6) is 5.75 Å². The minimum atomic E-state index is -3.89. The van der Waals surface area contributed by atoms with E-state index >= 15 is 0 Å². The minimum absolute atomic E-state index is 0.0101. The van der Waals surface area contributed by atoms with Gasteiger partial charge >= 0.3 is 5.97 Å². The van der Waals surface area contributed by atoms with Crippen molar-refractivity contribution in [2.45, 2.75) is 24.5 Å². The third-order valence-corrected chi connectivity index (χ3v) is 5.52. The summed E-state index contributed by atoms with van der Waals surface area (Å²) in [5.41, 5.74) is 0. The molecule has 24 heavy (non-hydrogen) atoms. The number of hydrogen-bond donors (Lipinski definition) is 1. The summed E-state index contributed by atoms with van der Waals surface area (Å²) in [5.74, 6) is -0.127. The highest BCUT2D eigenvalue weighted by atomic mass is 32.2. The second-order valence-electron chi connectivity index (χ2n) is 5.10. The van der Waals surface area contributed by atoms with Crippen LogP contribution < -0.4 is 4.74 Å². The molecule has 130 valence electrons. The molecule has 9 nitrogen and oxygen atoms in total. The maximum absolute atomic E-state index is 12.4. The van der Waals surface area contributed by atoms with Crippen LogP contribution in [0.4, 0.5) is 0 Å². The monoisotopic (exact) mass is 354 g/mol. The van der Waals surface area contributed by atoms with Crippen LogP contribution >= 0.6 is 0 Å². The van der Waals surface area contributed by atoms with Crippen LogP contribution in [0.15, 0.2) is 35.5 Å². The lowest BCUT2D eigenvalue weighted by Gasteiger charge is -2.21. The number of benzene rings is 1. The fourth-order valence-corrected chi connectivity index (χ4v) is 3.16. The van der Waals surface area contributed by atoms with Gasteiger partial charge in [0.05, 0.1) is 4.90 Å². The SMILES string of the molecule is CC(C(=O)O)N(C)S(=O)(=O)c1ccc(OCc2ncnn2C)cc1. The van der Waals surface area contributed by atoms with E-state index in [9.17, 15) is 13.2 Å². The van der Waals surface area contributed by atoms with E-state index in [1.54, 1.807) is 11.7 Å². The van der Waals surface area contributed by atoms with Crippen LogP contribution in [0.3, 0.4) is 0 Å². The molecule has 2 aromatic rings. The number of aromatic nitrogens is 3. The van der Waals surface area contributed by atoms with Gasteiger partial charge in [-0.15, -0.1) is 0 Å². The van der Waals surface area contributed by atoms with Crippen molar-refractivity contribution in [1.29, 1.82) is 0 Å². The van der Waals surface area contributed by atoms with Crippen molar-refractivity contribution >= 4 is 16.0 Å². The van der Waals surface area contributed by atoms with Gasteiger partial charge in [-0.25, -0.2) is 13.4 Å². The van der Waals surface area contributed by atoms with E-state index in [0.717, 1.165) is 4.31 Å². The summed E-state index contributed by atoms with van der Waals surface area (Å²) in [6.45, 7) is 1.50. The highest BCUT2D eigenvalue weighted by Gasteiger charge is 2.29. The molecular weight excluding hydrogens is 336 g/mol. The van der Waals surface area contributed by atoms with E-state index in [1.165, 1.54) is 44.6 Å². The average molecular weight is 354 g/mol. The fraction of sp³-hybridized carbons (Fsp3) is 0.357. The molecule has 0 saturated carbocycles. The Morgan fingerprint density at radius 3 is 2.50 bits per heavy atom. The molecule has 0 aliphatic rings. The summed E-state index contributed by atoms with van der Waals surface area (Å²) in [7, 11) is -0.929. The number of nitrogens with zero attached hydrogens (tertiary/aromatic N) is 4. The van der Waals surface area contributed by atoms with Crippen LogP contribution in [-0.4, -0.2) is 51.7 Å². The summed E-state index contributed by atoms with van der Waals surface area (Å²) in [6.07, 6.45) is 1.41. The molecule has 0 saturated heterocycles. The molecule has 1 unspecified atom stereocenters. The zero-order valence-electron chi connectivity index (χ0n) is 13.4. The lowest BCUT2D eigenvalue weighted by Crippen LogP contribution is -2.40. The molecule has 0 fully saturated rings. The molecule has 0 spiro atoms. The first kappa shape index (κ1) is 17.9. The number of hydrogen-bond acceptors (Lipinski definition) is 6. The van der Waals surface area contributed by atoms with Gasteiger partial charge < -0.3 is 9.84 Å². The Balaban J connectivity index is 2.11. The van der Waals surface area contributed by atoms with E-state index in [0.29, 0.717) is 11.6 Å². The van der Waals surface area contributed by atoms with Crippen molar-refractivity contribution in [3.8, 4) is 5.75 Å². The number of aliphatic carboxylic acids is 1. The van der Waals surface area contributed by atoms with Gasteiger partial charge in [0.2, 0.25) is 10.0 Å². The zero-order valence-corrected chi connectivity index (χ0v) is 14.3. The van der Waals surface area contributed by atoms with Gasteiger partial charge in [-0.3, -0.25) is 9.48 Å². The molecule has 2 rings (SSSR count). The smallest absolute Gasteiger partial charge is 0.321 e. The van der Waals surface area contributed by atoms with Crippen molar-refractivity contribution in [2.24, 2.45) is 7.05 Å². The van der Waals surface area contributed by atoms with Gasteiger partial charge in [-0.1, -0.05) is 0 Å². The molecular formula is C14H18N4O5S. The Kier molecular flexibility index (Phi) is 5.20. The normalized spacial score (nSPS) is 13.0. The topological polar surface area (TPSA) is 115 Å². The Hall–Kier alpha value is -2.46. The van der Waals surface area contributed by atoms with Crippen molar-refractivity contribution in [2.75, 3.05) is 7.05 Å². The Morgan fingerprint density at radius 1 is 1.38 bits per heavy atom. The Labute approximate surface area is 139 Å². The number of sulfonamides is 1. The predicted molar refractivity (Wildman–Crippen MR) is 83.8 cm³/mol. The van der Waals surface area contributed by atoms with E-state index < -0.39 is 22.0 Å². The van der Waals surface area contributed by atoms with Crippen LogP contribution in [0.1, 0.15) is 12.7 Å². The number of likely N-dealkylation sites (N-methyl/N-ethyl adjacent to an activating group) is 1. The first-order valence-corrected chi connectivity index (χ1v) is 8.44. The number of rotatable bonds is 7. The molecule has 1 atom stereocenters. The molecule has 0 amide bonds. The molecule has 0 aliphatic heterocycles. The lowest BCUT2D eigenvalue weighted by molar-refractivity contribution is -0.140. The van der Waals surface area contributed by atoms with E-state index in [2.05, 4.69) is 10.1 Å².